The van der Waals surface area contributed by atoms with Gasteiger partial charge in [-0.25, -0.2) is 0 Å². The maximum Gasteiger partial charge on any atom is 0.0991 e. The molecule has 0 spiro atoms. The molecule has 0 saturated carbocycles. The van der Waals surface area contributed by atoms with Crippen LogP contribution in [-0.2, 0) is 6.61 Å². The zero-order valence-electron chi connectivity index (χ0n) is 9.02. The van der Waals surface area contributed by atoms with Crippen LogP contribution in [0.2, 0.25) is 5.02 Å². The van der Waals surface area contributed by atoms with Gasteiger partial charge in [0.2, 0.25) is 0 Å². The van der Waals surface area contributed by atoms with Gasteiger partial charge in [0.1, 0.15) is 0 Å². The first-order valence-corrected chi connectivity index (χ1v) is 5.52. The Kier molecular flexibility index (Phi) is 3.43. The van der Waals surface area contributed by atoms with E-state index >= 15 is 0 Å². The lowest BCUT2D eigenvalue weighted by Crippen LogP contribution is -1.90. The smallest absolute Gasteiger partial charge is 0.0991 e. The van der Waals surface area contributed by atoms with Gasteiger partial charge in [0.15, 0.2) is 0 Å². The molecule has 0 amide bonds. The number of hydrogen-bond donors (Lipinski definition) is 1. The second-order valence-electron chi connectivity index (χ2n) is 3.65. The van der Waals surface area contributed by atoms with Crippen LogP contribution < -0.4 is 0 Å². The molecule has 0 aromatic heterocycles. The number of nitriles is 1. The average Bonchev–Trinajstić information content (AvgIpc) is 2.38. The van der Waals surface area contributed by atoms with Crippen molar-refractivity contribution in [2.75, 3.05) is 0 Å². The van der Waals surface area contributed by atoms with Crippen LogP contribution >= 0.6 is 11.6 Å². The lowest BCUT2D eigenvalue weighted by atomic mass is 9.98. The SMILES string of the molecule is N#Cc1ccc(CO)c(-c2cccc(Cl)c2)c1. The molecule has 0 saturated heterocycles. The highest BCUT2D eigenvalue weighted by Crippen LogP contribution is 2.27. The second-order valence-corrected chi connectivity index (χ2v) is 4.09. The Morgan fingerprint density at radius 2 is 2.00 bits per heavy atom. The van der Waals surface area contributed by atoms with Gasteiger partial charge in [-0.3, -0.25) is 0 Å². The van der Waals surface area contributed by atoms with Crippen LogP contribution in [0.15, 0.2) is 42.5 Å². The van der Waals surface area contributed by atoms with Gasteiger partial charge in [-0.15, -0.1) is 0 Å². The highest BCUT2D eigenvalue weighted by molar-refractivity contribution is 6.30. The summed E-state index contributed by atoms with van der Waals surface area (Å²) in [6.07, 6.45) is 0. The van der Waals surface area contributed by atoms with Crippen molar-refractivity contribution >= 4 is 11.6 Å². The Labute approximate surface area is 105 Å². The van der Waals surface area contributed by atoms with E-state index in [0.29, 0.717) is 10.6 Å². The van der Waals surface area contributed by atoms with E-state index in [1.165, 1.54) is 0 Å². The first kappa shape index (κ1) is 11.7. The van der Waals surface area contributed by atoms with E-state index in [2.05, 4.69) is 6.07 Å². The van der Waals surface area contributed by atoms with Crippen molar-refractivity contribution in [1.82, 2.24) is 0 Å². The molecular weight excluding hydrogens is 234 g/mol. The average molecular weight is 244 g/mol. The van der Waals surface area contributed by atoms with E-state index in [1.54, 1.807) is 24.3 Å². The molecule has 0 radical (unpaired) electrons. The van der Waals surface area contributed by atoms with E-state index in [-0.39, 0.29) is 6.61 Å². The van der Waals surface area contributed by atoms with Crippen LogP contribution in [0.1, 0.15) is 11.1 Å². The normalized spacial score (nSPS) is 9.94. The quantitative estimate of drug-likeness (QED) is 0.879. The van der Waals surface area contributed by atoms with Gasteiger partial charge in [0, 0.05) is 5.02 Å². The number of halogens is 1. The fraction of sp³-hybridized carbons (Fsp3) is 0.0714. The molecule has 0 fully saturated rings. The Bertz CT molecular complexity index is 587. The monoisotopic (exact) mass is 243 g/mol. The van der Waals surface area contributed by atoms with Gasteiger partial charge >= 0.3 is 0 Å². The lowest BCUT2D eigenvalue weighted by molar-refractivity contribution is 0.282. The number of benzene rings is 2. The van der Waals surface area contributed by atoms with E-state index in [4.69, 9.17) is 16.9 Å². The van der Waals surface area contributed by atoms with Crippen molar-refractivity contribution in [3.05, 3.63) is 58.6 Å². The molecule has 3 heteroatoms. The number of aliphatic hydroxyl groups is 1. The largest absolute Gasteiger partial charge is 0.392 e. The molecular formula is C14H10ClNO. The summed E-state index contributed by atoms with van der Waals surface area (Å²) in [4.78, 5) is 0. The minimum Gasteiger partial charge on any atom is -0.392 e. The van der Waals surface area contributed by atoms with Gasteiger partial charge in [-0.2, -0.15) is 5.26 Å². The molecule has 0 aliphatic rings. The predicted molar refractivity (Wildman–Crippen MR) is 67.5 cm³/mol. The van der Waals surface area contributed by atoms with E-state index < -0.39 is 0 Å². The molecule has 0 atom stereocenters. The molecule has 2 aromatic carbocycles. The molecule has 2 aromatic rings. The van der Waals surface area contributed by atoms with Gasteiger partial charge < -0.3 is 5.11 Å². The van der Waals surface area contributed by atoms with Crippen LogP contribution in [0, 0.1) is 11.3 Å². The molecule has 2 nitrogen and oxygen atoms in total. The fourth-order valence-corrected chi connectivity index (χ4v) is 1.90. The van der Waals surface area contributed by atoms with Gasteiger partial charge in [0.05, 0.1) is 18.2 Å². The van der Waals surface area contributed by atoms with Crippen LogP contribution in [0.3, 0.4) is 0 Å². The summed E-state index contributed by atoms with van der Waals surface area (Å²) in [6.45, 7) is -0.0619. The fourth-order valence-electron chi connectivity index (χ4n) is 1.71. The third-order valence-electron chi connectivity index (χ3n) is 2.54. The summed E-state index contributed by atoms with van der Waals surface area (Å²) in [5.41, 5.74) is 3.09. The highest BCUT2D eigenvalue weighted by atomic mass is 35.5. The van der Waals surface area contributed by atoms with Crippen LogP contribution in [0.5, 0.6) is 0 Å². The topological polar surface area (TPSA) is 44.0 Å². The molecule has 0 bridgehead atoms. The van der Waals surface area contributed by atoms with Gasteiger partial charge in [-0.05, 0) is 41.0 Å². The van der Waals surface area contributed by atoms with Crippen molar-refractivity contribution in [2.45, 2.75) is 6.61 Å². The molecule has 0 aliphatic carbocycles. The number of nitrogens with zero attached hydrogens (tertiary/aromatic N) is 1. The molecule has 84 valence electrons. The summed E-state index contributed by atoms with van der Waals surface area (Å²) in [7, 11) is 0. The van der Waals surface area contributed by atoms with Crippen molar-refractivity contribution in [3.8, 4) is 17.2 Å². The third-order valence-corrected chi connectivity index (χ3v) is 2.78. The standard InChI is InChI=1S/C14H10ClNO/c15-13-3-1-2-11(7-13)14-6-10(8-16)4-5-12(14)9-17/h1-7,17H,9H2. The van der Waals surface area contributed by atoms with Gasteiger partial charge in [-0.1, -0.05) is 29.8 Å². The summed E-state index contributed by atoms with van der Waals surface area (Å²) >= 11 is 5.94. The lowest BCUT2D eigenvalue weighted by Gasteiger charge is -2.08. The predicted octanol–water partition coefficient (Wildman–Crippen LogP) is 3.37. The summed E-state index contributed by atoms with van der Waals surface area (Å²) in [5, 5.41) is 18.8. The third kappa shape index (κ3) is 2.47. The molecule has 2 rings (SSSR count). The zero-order valence-corrected chi connectivity index (χ0v) is 9.78. The van der Waals surface area contributed by atoms with Crippen molar-refractivity contribution < 1.29 is 5.11 Å². The van der Waals surface area contributed by atoms with Crippen molar-refractivity contribution in [1.29, 1.82) is 5.26 Å². The first-order valence-electron chi connectivity index (χ1n) is 5.14. The van der Waals surface area contributed by atoms with Crippen LogP contribution in [0.25, 0.3) is 11.1 Å². The van der Waals surface area contributed by atoms with E-state index in [0.717, 1.165) is 16.7 Å². The van der Waals surface area contributed by atoms with E-state index in [1.807, 2.05) is 18.2 Å². The minimum atomic E-state index is -0.0619. The zero-order chi connectivity index (χ0) is 12.3. The Balaban J connectivity index is 2.61. The molecule has 0 heterocycles. The van der Waals surface area contributed by atoms with Crippen LogP contribution in [0.4, 0.5) is 0 Å². The van der Waals surface area contributed by atoms with Crippen molar-refractivity contribution in [3.63, 3.8) is 0 Å². The Morgan fingerprint density at radius 1 is 1.18 bits per heavy atom. The molecule has 0 aliphatic heterocycles. The molecule has 0 unspecified atom stereocenters. The summed E-state index contributed by atoms with van der Waals surface area (Å²) in [5.74, 6) is 0. The Morgan fingerprint density at radius 3 is 2.65 bits per heavy atom. The Hall–Kier alpha value is -1.82. The summed E-state index contributed by atoms with van der Waals surface area (Å²) < 4.78 is 0. The second kappa shape index (κ2) is 5.01. The molecule has 1 N–H and O–H groups in total. The maximum atomic E-state index is 9.30. The van der Waals surface area contributed by atoms with Crippen LogP contribution in [-0.4, -0.2) is 5.11 Å². The number of rotatable bonds is 2. The minimum absolute atomic E-state index is 0.0619. The number of hydrogen-bond acceptors (Lipinski definition) is 2. The molecule has 17 heavy (non-hydrogen) atoms. The van der Waals surface area contributed by atoms with E-state index in [9.17, 15) is 5.11 Å². The van der Waals surface area contributed by atoms with Gasteiger partial charge in [0.25, 0.3) is 0 Å². The van der Waals surface area contributed by atoms with Crippen molar-refractivity contribution in [2.24, 2.45) is 0 Å². The number of aliphatic hydroxyl groups excluding tert-OH is 1. The highest BCUT2D eigenvalue weighted by Gasteiger charge is 2.06. The summed E-state index contributed by atoms with van der Waals surface area (Å²) in [6, 6.07) is 14.7. The first-order chi connectivity index (χ1) is 8.24. The maximum absolute atomic E-state index is 9.30.